The molecule has 0 bridgehead atoms. The van der Waals surface area contributed by atoms with Crippen LogP contribution >= 0.6 is 15.9 Å². The maximum atomic E-state index is 12.2. The fourth-order valence-electron chi connectivity index (χ4n) is 1.92. The molecule has 0 unspecified atom stereocenters. The Balaban J connectivity index is 2.17. The number of amides is 1. The minimum Gasteiger partial charge on any atom is -0.348 e. The molecule has 0 atom stereocenters. The van der Waals surface area contributed by atoms with Crippen molar-refractivity contribution < 1.29 is 9.72 Å². The van der Waals surface area contributed by atoms with Crippen molar-refractivity contribution in [3.8, 4) is 0 Å². The van der Waals surface area contributed by atoms with Crippen LogP contribution in [-0.2, 0) is 6.54 Å². The summed E-state index contributed by atoms with van der Waals surface area (Å²) < 4.78 is 0.913. The molecule has 2 rings (SSSR count). The Hall–Kier alpha value is -2.21. The molecule has 21 heavy (non-hydrogen) atoms. The summed E-state index contributed by atoms with van der Waals surface area (Å²) in [4.78, 5) is 22.6. The van der Waals surface area contributed by atoms with Gasteiger partial charge in [0, 0.05) is 17.1 Å². The SMILES string of the molecule is Cc1ccc([N+](=O)[O-])c(C(=O)NCc2cccc(Br)c2)c1. The summed E-state index contributed by atoms with van der Waals surface area (Å²) in [5, 5.41) is 13.7. The van der Waals surface area contributed by atoms with Crippen molar-refractivity contribution in [2.24, 2.45) is 0 Å². The molecule has 5 nitrogen and oxygen atoms in total. The molecule has 1 amide bonds. The molecule has 0 saturated heterocycles. The highest BCUT2D eigenvalue weighted by molar-refractivity contribution is 9.10. The molecular formula is C15H13BrN2O3. The lowest BCUT2D eigenvalue weighted by atomic mass is 10.1. The van der Waals surface area contributed by atoms with Crippen LogP contribution in [0.25, 0.3) is 0 Å². The predicted octanol–water partition coefficient (Wildman–Crippen LogP) is 3.60. The summed E-state index contributed by atoms with van der Waals surface area (Å²) >= 11 is 3.35. The van der Waals surface area contributed by atoms with E-state index in [1.807, 2.05) is 24.3 Å². The van der Waals surface area contributed by atoms with Gasteiger partial charge in [0.2, 0.25) is 0 Å². The van der Waals surface area contributed by atoms with Crippen molar-refractivity contribution in [1.82, 2.24) is 5.32 Å². The highest BCUT2D eigenvalue weighted by atomic mass is 79.9. The number of benzene rings is 2. The van der Waals surface area contributed by atoms with Crippen molar-refractivity contribution in [2.75, 3.05) is 0 Å². The topological polar surface area (TPSA) is 72.2 Å². The van der Waals surface area contributed by atoms with E-state index in [-0.39, 0.29) is 11.3 Å². The van der Waals surface area contributed by atoms with Gasteiger partial charge < -0.3 is 5.32 Å². The van der Waals surface area contributed by atoms with Crippen LogP contribution in [0.2, 0.25) is 0 Å². The van der Waals surface area contributed by atoms with Crippen LogP contribution in [0, 0.1) is 17.0 Å². The standard InChI is InChI=1S/C15H13BrN2O3/c1-10-5-6-14(18(20)21)13(7-10)15(19)17-9-11-3-2-4-12(16)8-11/h2-8H,9H2,1H3,(H,17,19). The first-order valence-electron chi connectivity index (χ1n) is 6.25. The fraction of sp³-hybridized carbons (Fsp3) is 0.133. The van der Waals surface area contributed by atoms with Gasteiger partial charge in [-0.2, -0.15) is 0 Å². The van der Waals surface area contributed by atoms with E-state index >= 15 is 0 Å². The molecule has 0 saturated carbocycles. The lowest BCUT2D eigenvalue weighted by molar-refractivity contribution is -0.385. The van der Waals surface area contributed by atoms with Crippen LogP contribution in [-0.4, -0.2) is 10.8 Å². The smallest absolute Gasteiger partial charge is 0.282 e. The summed E-state index contributed by atoms with van der Waals surface area (Å²) in [6.07, 6.45) is 0. The van der Waals surface area contributed by atoms with E-state index < -0.39 is 10.8 Å². The van der Waals surface area contributed by atoms with Crippen LogP contribution in [0.15, 0.2) is 46.9 Å². The lowest BCUT2D eigenvalue weighted by Crippen LogP contribution is -2.23. The minimum atomic E-state index is -0.548. The fourth-order valence-corrected chi connectivity index (χ4v) is 2.36. The van der Waals surface area contributed by atoms with Gasteiger partial charge in [-0.15, -0.1) is 0 Å². The number of carbonyl (C=O) groups is 1. The Bertz CT molecular complexity index is 701. The Morgan fingerprint density at radius 3 is 2.71 bits per heavy atom. The Labute approximate surface area is 130 Å². The predicted molar refractivity (Wildman–Crippen MR) is 83.1 cm³/mol. The molecule has 0 aliphatic rings. The van der Waals surface area contributed by atoms with Crippen molar-refractivity contribution >= 4 is 27.5 Å². The molecule has 0 aliphatic heterocycles. The summed E-state index contributed by atoms with van der Waals surface area (Å²) in [6.45, 7) is 2.10. The number of rotatable bonds is 4. The monoisotopic (exact) mass is 348 g/mol. The van der Waals surface area contributed by atoms with E-state index in [4.69, 9.17) is 0 Å². The third-order valence-electron chi connectivity index (χ3n) is 2.94. The first-order chi connectivity index (χ1) is 9.97. The zero-order chi connectivity index (χ0) is 15.4. The number of halogens is 1. The number of nitrogens with one attached hydrogen (secondary N) is 1. The van der Waals surface area contributed by atoms with Crippen molar-refractivity contribution in [3.05, 3.63) is 73.7 Å². The van der Waals surface area contributed by atoms with E-state index in [1.54, 1.807) is 13.0 Å². The number of nitro groups is 1. The number of aryl methyl sites for hydroxylation is 1. The average Bonchev–Trinajstić information content (AvgIpc) is 2.44. The molecule has 0 spiro atoms. The lowest BCUT2D eigenvalue weighted by Gasteiger charge is -2.07. The second-order valence-electron chi connectivity index (χ2n) is 4.59. The highest BCUT2D eigenvalue weighted by Gasteiger charge is 2.19. The second kappa shape index (κ2) is 6.49. The van der Waals surface area contributed by atoms with Gasteiger partial charge in [-0.3, -0.25) is 14.9 Å². The number of hydrogen-bond acceptors (Lipinski definition) is 3. The zero-order valence-electron chi connectivity index (χ0n) is 11.3. The van der Waals surface area contributed by atoms with Crippen LogP contribution in [0.4, 0.5) is 5.69 Å². The van der Waals surface area contributed by atoms with Crippen molar-refractivity contribution in [1.29, 1.82) is 0 Å². The first kappa shape index (κ1) is 15.2. The molecule has 1 N–H and O–H groups in total. The molecule has 0 aromatic heterocycles. The van der Waals surface area contributed by atoms with E-state index in [2.05, 4.69) is 21.2 Å². The van der Waals surface area contributed by atoms with Crippen LogP contribution in [0.3, 0.4) is 0 Å². The molecule has 0 fully saturated rings. The Morgan fingerprint density at radius 1 is 1.29 bits per heavy atom. The maximum absolute atomic E-state index is 12.2. The van der Waals surface area contributed by atoms with Gasteiger partial charge in [-0.1, -0.05) is 34.1 Å². The largest absolute Gasteiger partial charge is 0.348 e. The summed E-state index contributed by atoms with van der Waals surface area (Å²) in [5.41, 5.74) is 1.60. The van der Waals surface area contributed by atoms with Gasteiger partial charge in [0.05, 0.1) is 4.92 Å². The molecule has 108 valence electrons. The Morgan fingerprint density at radius 2 is 2.05 bits per heavy atom. The van der Waals surface area contributed by atoms with Gasteiger partial charge in [0.25, 0.3) is 11.6 Å². The third-order valence-corrected chi connectivity index (χ3v) is 3.43. The minimum absolute atomic E-state index is 0.0787. The maximum Gasteiger partial charge on any atom is 0.282 e. The van der Waals surface area contributed by atoms with Crippen LogP contribution in [0.1, 0.15) is 21.5 Å². The molecule has 0 radical (unpaired) electrons. The number of carbonyl (C=O) groups excluding carboxylic acids is 1. The van der Waals surface area contributed by atoms with Crippen molar-refractivity contribution in [3.63, 3.8) is 0 Å². The Kier molecular flexibility index (Phi) is 4.70. The third kappa shape index (κ3) is 3.88. The second-order valence-corrected chi connectivity index (χ2v) is 5.51. The molecule has 2 aromatic rings. The number of nitrogens with zero attached hydrogens (tertiary/aromatic N) is 1. The van der Waals surface area contributed by atoms with Gasteiger partial charge in [0.1, 0.15) is 5.56 Å². The molecular weight excluding hydrogens is 336 g/mol. The normalized spacial score (nSPS) is 10.2. The molecule has 0 heterocycles. The van der Waals surface area contributed by atoms with Gasteiger partial charge in [-0.25, -0.2) is 0 Å². The number of nitro benzene ring substituents is 1. The van der Waals surface area contributed by atoms with Gasteiger partial charge >= 0.3 is 0 Å². The van der Waals surface area contributed by atoms with Crippen molar-refractivity contribution in [2.45, 2.75) is 13.5 Å². The van der Waals surface area contributed by atoms with Gasteiger partial charge in [0.15, 0.2) is 0 Å². The summed E-state index contributed by atoms with van der Waals surface area (Å²) in [6, 6.07) is 12.0. The summed E-state index contributed by atoms with van der Waals surface area (Å²) in [5.74, 6) is -0.453. The molecule has 2 aromatic carbocycles. The summed E-state index contributed by atoms with van der Waals surface area (Å²) in [7, 11) is 0. The quantitative estimate of drug-likeness (QED) is 0.677. The number of hydrogen-bond donors (Lipinski definition) is 1. The van der Waals surface area contributed by atoms with E-state index in [0.29, 0.717) is 6.54 Å². The average molecular weight is 349 g/mol. The first-order valence-corrected chi connectivity index (χ1v) is 7.04. The van der Waals surface area contributed by atoms with Crippen LogP contribution < -0.4 is 5.32 Å². The van der Waals surface area contributed by atoms with E-state index in [9.17, 15) is 14.9 Å². The van der Waals surface area contributed by atoms with Gasteiger partial charge in [-0.05, 0) is 36.2 Å². The molecule has 6 heteroatoms. The van der Waals surface area contributed by atoms with E-state index in [0.717, 1.165) is 15.6 Å². The highest BCUT2D eigenvalue weighted by Crippen LogP contribution is 2.20. The van der Waals surface area contributed by atoms with E-state index in [1.165, 1.54) is 12.1 Å². The zero-order valence-corrected chi connectivity index (χ0v) is 12.9. The van der Waals surface area contributed by atoms with Crippen LogP contribution in [0.5, 0.6) is 0 Å². The molecule has 0 aliphatic carbocycles.